The molecule has 2 N–H and O–H groups in total. The van der Waals surface area contributed by atoms with Gasteiger partial charge in [0.25, 0.3) is 0 Å². The van der Waals surface area contributed by atoms with Gasteiger partial charge in [-0.1, -0.05) is 24.3 Å². The van der Waals surface area contributed by atoms with E-state index in [1.165, 1.54) is 0 Å². The van der Waals surface area contributed by atoms with Crippen LogP contribution in [0.4, 0.5) is 0 Å². The summed E-state index contributed by atoms with van der Waals surface area (Å²) in [5.74, 6) is 1.60. The van der Waals surface area contributed by atoms with Crippen molar-refractivity contribution in [3.8, 4) is 11.5 Å². The van der Waals surface area contributed by atoms with Gasteiger partial charge in [-0.2, -0.15) is 11.8 Å². The molecule has 1 aliphatic heterocycles. The SMILES string of the molecule is COc1ccccc1OC[C@H](O)/C=C/[C@@H]1[C@H]2CC[C@H](CCCC(=O)OC(C)C)S[C@H]2C[C@H]1O. The predicted octanol–water partition coefficient (Wildman–Crippen LogP) is 4.37. The van der Waals surface area contributed by atoms with Crippen LogP contribution in [0.15, 0.2) is 36.4 Å². The minimum atomic E-state index is -0.754. The summed E-state index contributed by atoms with van der Waals surface area (Å²) < 4.78 is 16.2. The van der Waals surface area contributed by atoms with Gasteiger partial charge in [0.1, 0.15) is 12.7 Å². The van der Waals surface area contributed by atoms with E-state index in [2.05, 4.69) is 0 Å². The van der Waals surface area contributed by atoms with E-state index in [0.717, 1.165) is 32.1 Å². The monoisotopic (exact) mass is 478 g/mol. The number of rotatable bonds is 11. The van der Waals surface area contributed by atoms with Crippen LogP contribution < -0.4 is 9.47 Å². The van der Waals surface area contributed by atoms with Crippen LogP contribution in [0.3, 0.4) is 0 Å². The zero-order valence-electron chi connectivity index (χ0n) is 19.9. The second kappa shape index (κ2) is 12.7. The molecule has 0 bridgehead atoms. The molecule has 0 amide bonds. The van der Waals surface area contributed by atoms with Gasteiger partial charge in [0.15, 0.2) is 11.5 Å². The third kappa shape index (κ3) is 7.66. The number of aliphatic hydroxyl groups is 2. The Kier molecular flexibility index (Phi) is 9.95. The van der Waals surface area contributed by atoms with Crippen molar-refractivity contribution in [1.29, 1.82) is 0 Å². The highest BCUT2D eigenvalue weighted by Gasteiger charge is 2.44. The molecule has 1 aromatic rings. The highest BCUT2D eigenvalue weighted by atomic mass is 32.2. The van der Waals surface area contributed by atoms with Gasteiger partial charge in [-0.15, -0.1) is 0 Å². The average molecular weight is 479 g/mol. The maximum Gasteiger partial charge on any atom is 0.306 e. The third-order valence-corrected chi connectivity index (χ3v) is 8.14. The van der Waals surface area contributed by atoms with Crippen molar-refractivity contribution in [2.45, 2.75) is 81.2 Å². The van der Waals surface area contributed by atoms with Gasteiger partial charge < -0.3 is 24.4 Å². The number of ether oxygens (including phenoxy) is 3. The molecule has 184 valence electrons. The number of carbonyl (C=O) groups excluding carboxylic acids is 1. The Balaban J connectivity index is 1.43. The van der Waals surface area contributed by atoms with E-state index in [1.54, 1.807) is 13.2 Å². The van der Waals surface area contributed by atoms with Crippen LogP contribution in [0.1, 0.15) is 52.4 Å². The normalized spacial score (nSPS) is 28.0. The molecule has 6 nitrogen and oxygen atoms in total. The van der Waals surface area contributed by atoms with Crippen LogP contribution >= 0.6 is 11.8 Å². The van der Waals surface area contributed by atoms with Gasteiger partial charge in [0.2, 0.25) is 0 Å². The van der Waals surface area contributed by atoms with Crippen molar-refractivity contribution >= 4 is 17.7 Å². The predicted molar refractivity (Wildman–Crippen MR) is 131 cm³/mol. The molecule has 1 aromatic carbocycles. The van der Waals surface area contributed by atoms with Gasteiger partial charge in [0, 0.05) is 22.8 Å². The second-order valence-corrected chi connectivity index (χ2v) is 10.8. The van der Waals surface area contributed by atoms with Crippen molar-refractivity contribution in [1.82, 2.24) is 0 Å². The molecular weight excluding hydrogens is 440 g/mol. The molecule has 1 aliphatic carbocycles. The summed E-state index contributed by atoms with van der Waals surface area (Å²) in [4.78, 5) is 11.7. The zero-order valence-corrected chi connectivity index (χ0v) is 20.7. The maximum absolute atomic E-state index is 11.7. The summed E-state index contributed by atoms with van der Waals surface area (Å²) in [6.45, 7) is 3.87. The van der Waals surface area contributed by atoms with E-state index in [1.807, 2.05) is 56.0 Å². The fourth-order valence-corrected chi connectivity index (χ4v) is 6.73. The number of fused-ring (bicyclic) bond motifs is 1. The molecule has 33 heavy (non-hydrogen) atoms. The average Bonchev–Trinajstić information content (AvgIpc) is 3.10. The molecule has 2 aliphatic rings. The van der Waals surface area contributed by atoms with E-state index in [9.17, 15) is 15.0 Å². The largest absolute Gasteiger partial charge is 0.493 e. The molecule has 1 heterocycles. The minimum Gasteiger partial charge on any atom is -0.493 e. The number of hydrogen-bond donors (Lipinski definition) is 2. The fraction of sp³-hybridized carbons (Fsp3) is 0.654. The first kappa shape index (κ1) is 25.9. The Hall–Kier alpha value is -1.70. The van der Waals surface area contributed by atoms with Gasteiger partial charge in [-0.3, -0.25) is 4.79 Å². The number of esters is 1. The van der Waals surface area contributed by atoms with Crippen molar-refractivity contribution in [2.75, 3.05) is 13.7 Å². The number of para-hydroxylation sites is 2. The lowest BCUT2D eigenvalue weighted by Crippen LogP contribution is -2.27. The number of carbonyl (C=O) groups is 1. The van der Waals surface area contributed by atoms with Crippen LogP contribution in [0.5, 0.6) is 11.5 Å². The number of benzene rings is 1. The van der Waals surface area contributed by atoms with Crippen LogP contribution in [-0.4, -0.2) is 58.7 Å². The molecule has 7 heteroatoms. The van der Waals surface area contributed by atoms with Crippen molar-refractivity contribution in [2.24, 2.45) is 11.8 Å². The molecule has 6 atom stereocenters. The summed E-state index contributed by atoms with van der Waals surface area (Å²) in [5, 5.41) is 22.0. The Morgan fingerprint density at radius 2 is 2.00 bits per heavy atom. The summed E-state index contributed by atoms with van der Waals surface area (Å²) in [6, 6.07) is 7.36. The van der Waals surface area contributed by atoms with E-state index < -0.39 is 6.10 Å². The summed E-state index contributed by atoms with van der Waals surface area (Å²) in [5.41, 5.74) is 0. The van der Waals surface area contributed by atoms with Crippen LogP contribution in [0.2, 0.25) is 0 Å². The summed E-state index contributed by atoms with van der Waals surface area (Å²) >= 11 is 1.97. The molecule has 1 saturated heterocycles. The maximum atomic E-state index is 11.7. The first-order valence-electron chi connectivity index (χ1n) is 12.0. The summed E-state index contributed by atoms with van der Waals surface area (Å²) in [6.07, 6.45) is 7.83. The Labute approximate surface area is 201 Å². The Morgan fingerprint density at radius 1 is 1.24 bits per heavy atom. The lowest BCUT2D eigenvalue weighted by atomic mass is 9.88. The number of thioether (sulfide) groups is 1. The molecular formula is C26H38O6S. The highest BCUT2D eigenvalue weighted by Crippen LogP contribution is 2.49. The molecule has 0 radical (unpaired) electrons. The van der Waals surface area contributed by atoms with E-state index in [-0.39, 0.29) is 30.7 Å². The van der Waals surface area contributed by atoms with Crippen LogP contribution in [0.25, 0.3) is 0 Å². The lowest BCUT2D eigenvalue weighted by Gasteiger charge is -2.33. The second-order valence-electron chi connectivity index (χ2n) is 9.26. The van der Waals surface area contributed by atoms with Gasteiger partial charge in [-0.25, -0.2) is 0 Å². The zero-order chi connectivity index (χ0) is 23.8. The fourth-order valence-electron chi connectivity index (χ4n) is 4.84. The van der Waals surface area contributed by atoms with E-state index >= 15 is 0 Å². The first-order valence-corrected chi connectivity index (χ1v) is 13.0. The molecule has 0 spiro atoms. The van der Waals surface area contributed by atoms with Gasteiger partial charge in [-0.05, 0) is 64.0 Å². The van der Waals surface area contributed by atoms with Crippen LogP contribution in [0, 0.1) is 11.8 Å². The Bertz CT molecular complexity index is 782. The number of methoxy groups -OCH3 is 1. The third-order valence-electron chi connectivity index (χ3n) is 6.39. The van der Waals surface area contributed by atoms with E-state index in [4.69, 9.17) is 14.2 Å². The summed E-state index contributed by atoms with van der Waals surface area (Å²) in [7, 11) is 1.59. The van der Waals surface area contributed by atoms with Crippen molar-refractivity contribution in [3.63, 3.8) is 0 Å². The van der Waals surface area contributed by atoms with E-state index in [0.29, 0.717) is 34.3 Å². The molecule has 3 rings (SSSR count). The smallest absolute Gasteiger partial charge is 0.306 e. The number of hydrogen-bond acceptors (Lipinski definition) is 7. The highest BCUT2D eigenvalue weighted by molar-refractivity contribution is 8.00. The molecule has 0 aromatic heterocycles. The minimum absolute atomic E-state index is 0.0569. The van der Waals surface area contributed by atoms with Crippen molar-refractivity contribution < 1.29 is 29.2 Å². The molecule has 2 fully saturated rings. The first-order chi connectivity index (χ1) is 15.9. The van der Waals surface area contributed by atoms with Crippen molar-refractivity contribution in [3.05, 3.63) is 36.4 Å². The quantitative estimate of drug-likeness (QED) is 0.361. The molecule has 0 unspecified atom stereocenters. The standard InChI is InChI=1S/C26H38O6S/c1-17(2)32-26(29)10-6-7-19-12-14-21-20(22(28)15-25(21)33-19)13-11-18(27)16-31-24-9-5-4-8-23(24)30-3/h4-5,8-9,11,13,17-22,25,27-28H,6-7,10,12,14-16H2,1-3H3/b13-11+/t18-,19+,20-,21-,22-,25+/m1/s1. The van der Waals surface area contributed by atoms with Gasteiger partial charge in [0.05, 0.1) is 19.3 Å². The Morgan fingerprint density at radius 3 is 2.73 bits per heavy atom. The topological polar surface area (TPSA) is 85.2 Å². The number of aliphatic hydroxyl groups excluding tert-OH is 2. The molecule has 1 saturated carbocycles. The van der Waals surface area contributed by atoms with Gasteiger partial charge >= 0.3 is 5.97 Å². The lowest BCUT2D eigenvalue weighted by molar-refractivity contribution is -0.147. The van der Waals surface area contributed by atoms with Crippen LogP contribution in [-0.2, 0) is 9.53 Å².